The number of carbonyl (C=O) groups excluding carboxylic acids is 1. The minimum Gasteiger partial charge on any atom is -0.468 e. The van der Waals surface area contributed by atoms with Crippen molar-refractivity contribution in [1.82, 2.24) is 10.3 Å². The number of aromatic nitrogens is 1. The number of nitrogens with one attached hydrogen (secondary N) is 1. The molecular weight excluding hydrogens is 260 g/mol. The maximum Gasteiger partial charge on any atom is 0.320 e. The quantitative estimate of drug-likeness (QED) is 0.645. The minimum absolute atomic E-state index is 0.275. The van der Waals surface area contributed by atoms with Crippen LogP contribution in [0.5, 0.6) is 0 Å². The van der Waals surface area contributed by atoms with Crippen molar-refractivity contribution in [2.75, 3.05) is 13.7 Å². The topological polar surface area (TPSA) is 51.2 Å². The summed E-state index contributed by atoms with van der Waals surface area (Å²) < 4.78 is 4.57. The Bertz CT molecular complexity index is 306. The summed E-state index contributed by atoms with van der Waals surface area (Å²) in [5.74, 6) is -0.275. The number of halogens is 1. The first-order valence-electron chi connectivity index (χ1n) is 4.56. The number of esters is 1. The lowest BCUT2D eigenvalue weighted by Gasteiger charge is -2.08. The second-order valence-electron chi connectivity index (χ2n) is 2.94. The van der Waals surface area contributed by atoms with Crippen molar-refractivity contribution in [3.8, 4) is 0 Å². The van der Waals surface area contributed by atoms with Gasteiger partial charge < -0.3 is 10.1 Å². The van der Waals surface area contributed by atoms with E-state index in [1.807, 2.05) is 18.2 Å². The van der Waals surface area contributed by atoms with E-state index in [1.165, 1.54) is 7.11 Å². The summed E-state index contributed by atoms with van der Waals surface area (Å²) in [6.07, 6.45) is 1.74. The van der Waals surface area contributed by atoms with Crippen LogP contribution in [-0.4, -0.2) is 29.4 Å². The van der Waals surface area contributed by atoms with Crippen LogP contribution < -0.4 is 5.32 Å². The van der Waals surface area contributed by atoms with Gasteiger partial charge in [0.05, 0.1) is 12.8 Å². The van der Waals surface area contributed by atoms with E-state index in [-0.39, 0.29) is 10.8 Å². The summed E-state index contributed by atoms with van der Waals surface area (Å²) >= 11 is 3.22. The molecule has 4 nitrogen and oxygen atoms in total. The van der Waals surface area contributed by atoms with E-state index in [1.54, 1.807) is 6.20 Å². The second kappa shape index (κ2) is 6.53. The van der Waals surface area contributed by atoms with Crippen LogP contribution in [0.25, 0.3) is 0 Å². The molecule has 0 aliphatic rings. The van der Waals surface area contributed by atoms with E-state index in [4.69, 9.17) is 0 Å². The number of hydrogen-bond donors (Lipinski definition) is 1. The Hall–Kier alpha value is -0.940. The van der Waals surface area contributed by atoms with Gasteiger partial charge in [0.2, 0.25) is 0 Å². The maximum atomic E-state index is 11.0. The highest BCUT2D eigenvalue weighted by molar-refractivity contribution is 9.10. The Morgan fingerprint density at radius 3 is 3.07 bits per heavy atom. The van der Waals surface area contributed by atoms with Gasteiger partial charge in [0, 0.05) is 19.3 Å². The van der Waals surface area contributed by atoms with Gasteiger partial charge in [0.25, 0.3) is 0 Å². The first-order valence-corrected chi connectivity index (χ1v) is 5.48. The standard InChI is InChI=1S/C10H13BrN2O2/c1-15-10(14)9(11)7-12-6-8-4-2-3-5-13-8/h2-5,9,12H,6-7H2,1H3. The van der Waals surface area contributed by atoms with Crippen molar-refractivity contribution in [2.45, 2.75) is 11.4 Å². The molecule has 1 unspecified atom stereocenters. The lowest BCUT2D eigenvalue weighted by Crippen LogP contribution is -2.29. The predicted molar refractivity (Wildman–Crippen MR) is 60.7 cm³/mol. The number of nitrogens with zero attached hydrogens (tertiary/aromatic N) is 1. The third-order valence-corrected chi connectivity index (χ3v) is 2.51. The van der Waals surface area contributed by atoms with Gasteiger partial charge in [-0.25, -0.2) is 0 Å². The smallest absolute Gasteiger partial charge is 0.320 e. The molecule has 0 saturated heterocycles. The molecule has 15 heavy (non-hydrogen) atoms. The van der Waals surface area contributed by atoms with Crippen molar-refractivity contribution in [3.05, 3.63) is 30.1 Å². The largest absolute Gasteiger partial charge is 0.468 e. The first-order chi connectivity index (χ1) is 7.24. The monoisotopic (exact) mass is 272 g/mol. The number of ether oxygens (including phenoxy) is 1. The number of carbonyl (C=O) groups is 1. The van der Waals surface area contributed by atoms with Crippen LogP contribution >= 0.6 is 15.9 Å². The molecule has 1 rings (SSSR count). The molecule has 1 aromatic heterocycles. The fraction of sp³-hybridized carbons (Fsp3) is 0.400. The van der Waals surface area contributed by atoms with Crippen molar-refractivity contribution in [1.29, 1.82) is 0 Å². The molecule has 1 aromatic rings. The molecule has 5 heteroatoms. The summed E-state index contributed by atoms with van der Waals surface area (Å²) in [6, 6.07) is 5.72. The van der Waals surface area contributed by atoms with Gasteiger partial charge in [-0.15, -0.1) is 0 Å². The number of rotatable bonds is 5. The Kier molecular flexibility index (Phi) is 5.28. The van der Waals surface area contributed by atoms with Gasteiger partial charge >= 0.3 is 5.97 Å². The molecule has 0 radical (unpaired) electrons. The van der Waals surface area contributed by atoms with E-state index < -0.39 is 0 Å². The lowest BCUT2D eigenvalue weighted by atomic mass is 10.3. The van der Waals surface area contributed by atoms with Crippen LogP contribution in [0, 0.1) is 0 Å². The van der Waals surface area contributed by atoms with E-state index in [0.29, 0.717) is 13.1 Å². The van der Waals surface area contributed by atoms with Gasteiger partial charge in [-0.2, -0.15) is 0 Å². The summed E-state index contributed by atoms with van der Waals surface area (Å²) in [4.78, 5) is 14.9. The van der Waals surface area contributed by atoms with Gasteiger partial charge in [-0.1, -0.05) is 22.0 Å². The SMILES string of the molecule is COC(=O)C(Br)CNCc1ccccn1. The van der Waals surface area contributed by atoms with Crippen molar-refractivity contribution >= 4 is 21.9 Å². The molecule has 1 heterocycles. The number of methoxy groups -OCH3 is 1. The second-order valence-corrected chi connectivity index (χ2v) is 4.05. The van der Waals surface area contributed by atoms with Gasteiger partial charge in [-0.05, 0) is 12.1 Å². The zero-order valence-corrected chi connectivity index (χ0v) is 10.0. The molecular formula is C10H13BrN2O2. The Balaban J connectivity index is 2.25. The van der Waals surface area contributed by atoms with Crippen LogP contribution in [0.15, 0.2) is 24.4 Å². The van der Waals surface area contributed by atoms with Crippen LogP contribution in [0.2, 0.25) is 0 Å². The van der Waals surface area contributed by atoms with Crippen LogP contribution in [0.1, 0.15) is 5.69 Å². The molecule has 82 valence electrons. The van der Waals surface area contributed by atoms with Gasteiger partial charge in [-0.3, -0.25) is 9.78 Å². The molecule has 0 aromatic carbocycles. The first kappa shape index (κ1) is 12.1. The van der Waals surface area contributed by atoms with E-state index >= 15 is 0 Å². The third-order valence-electron chi connectivity index (χ3n) is 1.81. The molecule has 1 atom stereocenters. The Morgan fingerprint density at radius 1 is 1.67 bits per heavy atom. The van der Waals surface area contributed by atoms with E-state index in [9.17, 15) is 4.79 Å². The fourth-order valence-corrected chi connectivity index (χ4v) is 1.46. The highest BCUT2D eigenvalue weighted by Crippen LogP contribution is 2.00. The molecule has 0 aliphatic heterocycles. The lowest BCUT2D eigenvalue weighted by molar-refractivity contribution is -0.139. The highest BCUT2D eigenvalue weighted by atomic mass is 79.9. The normalized spacial score (nSPS) is 12.1. The van der Waals surface area contributed by atoms with Crippen molar-refractivity contribution in [3.63, 3.8) is 0 Å². The summed E-state index contributed by atoms with van der Waals surface area (Å²) in [5.41, 5.74) is 0.946. The molecule has 0 fully saturated rings. The Morgan fingerprint density at radius 2 is 2.47 bits per heavy atom. The van der Waals surface area contributed by atoms with E-state index in [0.717, 1.165) is 5.69 Å². The summed E-state index contributed by atoms with van der Waals surface area (Å²) in [6.45, 7) is 1.16. The van der Waals surface area contributed by atoms with Crippen LogP contribution in [0.3, 0.4) is 0 Å². The zero-order valence-electron chi connectivity index (χ0n) is 8.44. The van der Waals surface area contributed by atoms with Crippen molar-refractivity contribution < 1.29 is 9.53 Å². The maximum absolute atomic E-state index is 11.0. The summed E-state index contributed by atoms with van der Waals surface area (Å²) in [5, 5.41) is 3.11. The fourth-order valence-electron chi connectivity index (χ4n) is 1.04. The average Bonchev–Trinajstić information content (AvgIpc) is 2.29. The average molecular weight is 273 g/mol. The molecule has 0 aliphatic carbocycles. The highest BCUT2D eigenvalue weighted by Gasteiger charge is 2.13. The number of pyridine rings is 1. The van der Waals surface area contributed by atoms with Crippen LogP contribution in [0.4, 0.5) is 0 Å². The minimum atomic E-state index is -0.314. The zero-order chi connectivity index (χ0) is 11.1. The van der Waals surface area contributed by atoms with Crippen LogP contribution in [-0.2, 0) is 16.1 Å². The third kappa shape index (κ3) is 4.40. The van der Waals surface area contributed by atoms with Crippen molar-refractivity contribution in [2.24, 2.45) is 0 Å². The van der Waals surface area contributed by atoms with Gasteiger partial charge in [0.15, 0.2) is 0 Å². The number of alkyl halides is 1. The molecule has 0 bridgehead atoms. The molecule has 1 N–H and O–H groups in total. The predicted octanol–water partition coefficient (Wildman–Crippen LogP) is 1.11. The molecule has 0 spiro atoms. The van der Waals surface area contributed by atoms with Gasteiger partial charge in [0.1, 0.15) is 4.83 Å². The summed E-state index contributed by atoms with van der Waals surface area (Å²) in [7, 11) is 1.37. The Labute approximate surface area is 97.2 Å². The molecule has 0 saturated carbocycles. The molecule has 0 amide bonds. The number of hydrogen-bond acceptors (Lipinski definition) is 4. The van der Waals surface area contributed by atoms with E-state index in [2.05, 4.69) is 31.0 Å².